The summed E-state index contributed by atoms with van der Waals surface area (Å²) in [5, 5.41) is 3.25. The first kappa shape index (κ1) is 13.7. The van der Waals surface area contributed by atoms with Crippen LogP contribution in [0.2, 0.25) is 0 Å². The van der Waals surface area contributed by atoms with Crippen molar-refractivity contribution in [1.29, 1.82) is 0 Å². The highest BCUT2D eigenvalue weighted by molar-refractivity contribution is 5.77. The van der Waals surface area contributed by atoms with Crippen LogP contribution >= 0.6 is 0 Å². The van der Waals surface area contributed by atoms with E-state index in [1.807, 2.05) is 20.0 Å². The first-order chi connectivity index (χ1) is 8.04. The Hall–Kier alpha value is -1.35. The van der Waals surface area contributed by atoms with Crippen molar-refractivity contribution in [2.75, 3.05) is 20.1 Å². The van der Waals surface area contributed by atoms with Gasteiger partial charge in [-0.2, -0.15) is 0 Å². The zero-order valence-electron chi connectivity index (χ0n) is 11.2. The third-order valence-corrected chi connectivity index (χ3v) is 3.00. The molecule has 0 saturated heterocycles. The van der Waals surface area contributed by atoms with Crippen LogP contribution in [0, 0.1) is 6.92 Å². The van der Waals surface area contributed by atoms with Gasteiger partial charge in [0.25, 0.3) is 0 Å². The van der Waals surface area contributed by atoms with Gasteiger partial charge in [0, 0.05) is 19.6 Å². The Morgan fingerprint density at radius 1 is 1.47 bits per heavy atom. The van der Waals surface area contributed by atoms with Crippen molar-refractivity contribution < 1.29 is 4.79 Å². The smallest absolute Gasteiger partial charge is 0.236 e. The van der Waals surface area contributed by atoms with E-state index in [1.165, 1.54) is 11.1 Å². The molecule has 0 aliphatic heterocycles. The molecule has 1 aromatic rings. The van der Waals surface area contributed by atoms with Gasteiger partial charge >= 0.3 is 0 Å². The standard InChI is InChI=1S/C14H22N2O/c1-5-16(4)14(17)10-15-12(3)13-8-6-7-11(2)9-13/h6-9,12,15H,5,10H2,1-4H3/t12-/m1/s1. The SMILES string of the molecule is CCN(C)C(=O)CN[C@H](C)c1cccc(C)c1. The molecule has 0 radical (unpaired) electrons. The van der Waals surface area contributed by atoms with Crippen LogP contribution in [0.4, 0.5) is 0 Å². The van der Waals surface area contributed by atoms with Gasteiger partial charge in [-0.3, -0.25) is 4.79 Å². The molecule has 17 heavy (non-hydrogen) atoms. The average molecular weight is 234 g/mol. The molecule has 3 heteroatoms. The molecular formula is C14H22N2O. The first-order valence-corrected chi connectivity index (χ1v) is 6.08. The molecule has 0 saturated carbocycles. The van der Waals surface area contributed by atoms with Gasteiger partial charge in [0.1, 0.15) is 0 Å². The van der Waals surface area contributed by atoms with Gasteiger partial charge in [0.15, 0.2) is 0 Å². The lowest BCUT2D eigenvalue weighted by molar-refractivity contribution is -0.128. The molecule has 0 fully saturated rings. The van der Waals surface area contributed by atoms with Gasteiger partial charge in [-0.25, -0.2) is 0 Å². The Kier molecular flexibility index (Phi) is 5.16. The monoisotopic (exact) mass is 234 g/mol. The molecule has 0 aliphatic carbocycles. The largest absolute Gasteiger partial charge is 0.345 e. The fraction of sp³-hybridized carbons (Fsp3) is 0.500. The number of nitrogens with one attached hydrogen (secondary N) is 1. The Bertz CT molecular complexity index is 376. The minimum atomic E-state index is 0.131. The van der Waals surface area contributed by atoms with Crippen molar-refractivity contribution in [1.82, 2.24) is 10.2 Å². The van der Waals surface area contributed by atoms with Crippen molar-refractivity contribution in [3.05, 3.63) is 35.4 Å². The summed E-state index contributed by atoms with van der Waals surface area (Å²) in [5.41, 5.74) is 2.46. The Morgan fingerprint density at radius 3 is 2.76 bits per heavy atom. The molecule has 0 aliphatic rings. The number of amides is 1. The summed E-state index contributed by atoms with van der Waals surface area (Å²) >= 11 is 0. The minimum absolute atomic E-state index is 0.131. The molecule has 0 spiro atoms. The molecule has 1 amide bonds. The first-order valence-electron chi connectivity index (χ1n) is 6.08. The topological polar surface area (TPSA) is 32.3 Å². The summed E-state index contributed by atoms with van der Waals surface area (Å²) in [6, 6.07) is 8.54. The maximum atomic E-state index is 11.6. The van der Waals surface area contributed by atoms with Crippen molar-refractivity contribution in [3.63, 3.8) is 0 Å². The van der Waals surface area contributed by atoms with Gasteiger partial charge in [0.05, 0.1) is 6.54 Å². The molecule has 1 N–H and O–H groups in total. The minimum Gasteiger partial charge on any atom is -0.345 e. The molecule has 0 heterocycles. The number of hydrogen-bond donors (Lipinski definition) is 1. The average Bonchev–Trinajstić information content (AvgIpc) is 2.34. The van der Waals surface area contributed by atoms with E-state index >= 15 is 0 Å². The second-order valence-corrected chi connectivity index (χ2v) is 4.42. The number of carbonyl (C=O) groups is 1. The van der Waals surface area contributed by atoms with Crippen molar-refractivity contribution in [3.8, 4) is 0 Å². The van der Waals surface area contributed by atoms with E-state index in [2.05, 4.69) is 37.4 Å². The molecule has 1 atom stereocenters. The predicted molar refractivity (Wildman–Crippen MR) is 70.9 cm³/mol. The summed E-state index contributed by atoms with van der Waals surface area (Å²) in [5.74, 6) is 0.131. The van der Waals surface area contributed by atoms with Crippen LogP contribution in [0.3, 0.4) is 0 Å². The maximum Gasteiger partial charge on any atom is 0.236 e. The second kappa shape index (κ2) is 6.40. The summed E-state index contributed by atoms with van der Waals surface area (Å²) in [6.45, 7) is 7.26. The van der Waals surface area contributed by atoms with Gasteiger partial charge in [-0.05, 0) is 26.3 Å². The van der Waals surface area contributed by atoms with E-state index in [1.54, 1.807) is 4.90 Å². The molecule has 3 nitrogen and oxygen atoms in total. The lowest BCUT2D eigenvalue weighted by Gasteiger charge is -2.18. The number of hydrogen-bond acceptors (Lipinski definition) is 2. The van der Waals surface area contributed by atoms with Gasteiger partial charge in [0.2, 0.25) is 5.91 Å². The fourth-order valence-electron chi connectivity index (χ4n) is 1.61. The van der Waals surface area contributed by atoms with Crippen molar-refractivity contribution >= 4 is 5.91 Å². The lowest BCUT2D eigenvalue weighted by atomic mass is 10.1. The molecule has 94 valence electrons. The molecule has 0 bridgehead atoms. The van der Waals surface area contributed by atoms with Gasteiger partial charge < -0.3 is 10.2 Å². The van der Waals surface area contributed by atoms with E-state index in [0.717, 1.165) is 6.54 Å². The third-order valence-electron chi connectivity index (χ3n) is 3.00. The summed E-state index contributed by atoms with van der Waals surface area (Å²) in [6.07, 6.45) is 0. The quantitative estimate of drug-likeness (QED) is 0.846. The highest BCUT2D eigenvalue weighted by Crippen LogP contribution is 2.13. The Labute approximate surface area is 104 Å². The molecule has 1 rings (SSSR count). The highest BCUT2D eigenvalue weighted by atomic mass is 16.2. The van der Waals surface area contributed by atoms with Crippen LogP contribution in [-0.4, -0.2) is 30.9 Å². The predicted octanol–water partition coefficient (Wildman–Crippen LogP) is 2.12. The van der Waals surface area contributed by atoms with E-state index in [0.29, 0.717) is 6.54 Å². The summed E-state index contributed by atoms with van der Waals surface area (Å²) in [4.78, 5) is 13.4. The van der Waals surface area contributed by atoms with Crippen LogP contribution in [-0.2, 0) is 4.79 Å². The number of benzene rings is 1. The van der Waals surface area contributed by atoms with E-state index in [4.69, 9.17) is 0 Å². The van der Waals surface area contributed by atoms with Crippen molar-refractivity contribution in [2.45, 2.75) is 26.8 Å². The molecule has 1 aromatic carbocycles. The summed E-state index contributed by atoms with van der Waals surface area (Å²) < 4.78 is 0. The molecule has 0 aromatic heterocycles. The number of carbonyl (C=O) groups excluding carboxylic acids is 1. The fourth-order valence-corrected chi connectivity index (χ4v) is 1.61. The van der Waals surface area contributed by atoms with Crippen LogP contribution in [0.15, 0.2) is 24.3 Å². The van der Waals surface area contributed by atoms with Crippen LogP contribution in [0.1, 0.15) is 31.0 Å². The van der Waals surface area contributed by atoms with Crippen LogP contribution in [0.25, 0.3) is 0 Å². The number of likely N-dealkylation sites (N-methyl/N-ethyl adjacent to an activating group) is 1. The molecule has 0 unspecified atom stereocenters. The second-order valence-electron chi connectivity index (χ2n) is 4.42. The molecular weight excluding hydrogens is 212 g/mol. The number of rotatable bonds is 5. The zero-order chi connectivity index (χ0) is 12.8. The third kappa shape index (κ3) is 4.19. The maximum absolute atomic E-state index is 11.6. The van der Waals surface area contributed by atoms with Crippen LogP contribution < -0.4 is 5.32 Å². The van der Waals surface area contributed by atoms with Gasteiger partial charge in [-0.1, -0.05) is 29.8 Å². The number of aryl methyl sites for hydroxylation is 1. The highest BCUT2D eigenvalue weighted by Gasteiger charge is 2.09. The summed E-state index contributed by atoms with van der Waals surface area (Å²) in [7, 11) is 1.82. The lowest BCUT2D eigenvalue weighted by Crippen LogP contribution is -2.36. The van der Waals surface area contributed by atoms with E-state index in [9.17, 15) is 4.79 Å². The zero-order valence-corrected chi connectivity index (χ0v) is 11.2. The van der Waals surface area contributed by atoms with Crippen molar-refractivity contribution in [2.24, 2.45) is 0 Å². The Balaban J connectivity index is 2.50. The van der Waals surface area contributed by atoms with E-state index < -0.39 is 0 Å². The van der Waals surface area contributed by atoms with Crippen LogP contribution in [0.5, 0.6) is 0 Å². The normalized spacial score (nSPS) is 12.2. The Morgan fingerprint density at radius 2 is 2.18 bits per heavy atom. The number of nitrogens with zero attached hydrogens (tertiary/aromatic N) is 1. The van der Waals surface area contributed by atoms with E-state index in [-0.39, 0.29) is 11.9 Å². The van der Waals surface area contributed by atoms with Gasteiger partial charge in [-0.15, -0.1) is 0 Å².